The molecule has 4 bridgehead atoms. The van der Waals surface area contributed by atoms with E-state index in [0.717, 1.165) is 0 Å². The molecule has 3 atom stereocenters. The minimum absolute atomic E-state index is 0.0464. The number of ether oxygens (including phenoxy) is 3. The number of carbonyl (C=O) groups is 6. The average Bonchev–Trinajstić information content (AvgIpc) is 3.01. The fourth-order valence-corrected chi connectivity index (χ4v) is 4.99. The lowest BCUT2D eigenvalue weighted by atomic mass is 9.94. The van der Waals surface area contributed by atoms with E-state index >= 15 is 0 Å². The van der Waals surface area contributed by atoms with Gasteiger partial charge in [0.15, 0.2) is 0 Å². The van der Waals surface area contributed by atoms with Crippen molar-refractivity contribution in [1.29, 1.82) is 0 Å². The second-order valence-corrected chi connectivity index (χ2v) is 10.4. The fourth-order valence-electron chi connectivity index (χ4n) is 4.99. The largest absolute Gasteiger partial charge is 0.496 e. The molecule has 0 saturated heterocycles. The first-order chi connectivity index (χ1) is 21.4. The molecule has 2 aromatic rings. The summed E-state index contributed by atoms with van der Waals surface area (Å²) >= 11 is 0. The standard InChI is InChI=1S/C31H39N5O9/c1-17(34-26(38)11-12-32-18(2)37)30(41)36(3)28-20-8-10-25(44-5)22(15-20)21-13-19(7-9-24(21)43-4)14-23(31(42)45-6)35-27(39)16-33-29(28)40/h7-10,13,15,17,23,28H,11-12,14,16H2,1-6H3,(H,32,37)(H,33,40)(H,34,38)(H,35,39)/t17-,23-,28?/m0/s1. The van der Waals surface area contributed by atoms with Gasteiger partial charge < -0.3 is 40.4 Å². The van der Waals surface area contributed by atoms with Gasteiger partial charge in [0.2, 0.25) is 29.5 Å². The van der Waals surface area contributed by atoms with Crippen molar-refractivity contribution in [2.75, 3.05) is 41.5 Å². The molecule has 0 radical (unpaired) electrons. The maximum absolute atomic E-state index is 13.7. The molecule has 45 heavy (non-hydrogen) atoms. The number of hydrogen-bond donors (Lipinski definition) is 4. The van der Waals surface area contributed by atoms with E-state index in [9.17, 15) is 28.8 Å². The molecule has 1 heterocycles. The molecule has 2 aromatic carbocycles. The first-order valence-electron chi connectivity index (χ1n) is 14.2. The van der Waals surface area contributed by atoms with Crippen LogP contribution >= 0.6 is 0 Å². The molecule has 3 rings (SSSR count). The van der Waals surface area contributed by atoms with E-state index in [1.807, 2.05) is 0 Å². The Kier molecular flexibility index (Phi) is 11.9. The summed E-state index contributed by atoms with van der Waals surface area (Å²) in [6.45, 7) is 2.42. The van der Waals surface area contributed by atoms with Gasteiger partial charge in [-0.3, -0.25) is 24.0 Å². The van der Waals surface area contributed by atoms with Crippen molar-refractivity contribution in [3.8, 4) is 22.6 Å². The maximum atomic E-state index is 13.7. The van der Waals surface area contributed by atoms with Crippen LogP contribution in [0.4, 0.5) is 0 Å². The van der Waals surface area contributed by atoms with Crippen LogP contribution in [-0.2, 0) is 39.9 Å². The van der Waals surface area contributed by atoms with Gasteiger partial charge in [0.25, 0.3) is 0 Å². The Morgan fingerprint density at radius 2 is 1.64 bits per heavy atom. The number of fused-ring (bicyclic) bond motifs is 5. The predicted octanol–water partition coefficient (Wildman–Crippen LogP) is 0.231. The first kappa shape index (κ1) is 34.4. The van der Waals surface area contributed by atoms with Gasteiger partial charge in [-0.1, -0.05) is 12.1 Å². The lowest BCUT2D eigenvalue weighted by Gasteiger charge is -2.31. The second kappa shape index (κ2) is 15.5. The molecule has 0 spiro atoms. The third kappa shape index (κ3) is 8.71. The number of methoxy groups -OCH3 is 3. The molecule has 0 fully saturated rings. The summed E-state index contributed by atoms with van der Waals surface area (Å²) in [6, 6.07) is 6.91. The molecule has 0 aromatic heterocycles. The van der Waals surface area contributed by atoms with Gasteiger partial charge in [-0.15, -0.1) is 0 Å². The molecule has 0 saturated carbocycles. The molecule has 1 unspecified atom stereocenters. The topological polar surface area (TPSA) is 181 Å². The minimum atomic E-state index is -1.25. The predicted molar refractivity (Wildman–Crippen MR) is 162 cm³/mol. The Balaban J connectivity index is 2.08. The van der Waals surface area contributed by atoms with Crippen LogP contribution in [0.15, 0.2) is 36.4 Å². The van der Waals surface area contributed by atoms with Gasteiger partial charge in [-0.2, -0.15) is 0 Å². The minimum Gasteiger partial charge on any atom is -0.496 e. The summed E-state index contributed by atoms with van der Waals surface area (Å²) < 4.78 is 16.2. The van der Waals surface area contributed by atoms with E-state index in [0.29, 0.717) is 33.8 Å². The van der Waals surface area contributed by atoms with Gasteiger partial charge >= 0.3 is 5.97 Å². The van der Waals surface area contributed by atoms with Crippen LogP contribution in [0.1, 0.15) is 37.4 Å². The quantitative estimate of drug-likeness (QED) is 0.284. The number of carbonyl (C=O) groups excluding carboxylic acids is 6. The summed E-state index contributed by atoms with van der Waals surface area (Å²) in [7, 11) is 5.61. The molecular weight excluding hydrogens is 586 g/mol. The zero-order valence-electron chi connectivity index (χ0n) is 26.1. The molecule has 1 aliphatic heterocycles. The highest BCUT2D eigenvalue weighted by Crippen LogP contribution is 2.39. The Morgan fingerprint density at radius 1 is 1.00 bits per heavy atom. The van der Waals surface area contributed by atoms with Crippen molar-refractivity contribution >= 4 is 35.5 Å². The Morgan fingerprint density at radius 3 is 2.27 bits per heavy atom. The lowest BCUT2D eigenvalue weighted by Crippen LogP contribution is -2.51. The van der Waals surface area contributed by atoms with Crippen molar-refractivity contribution in [1.82, 2.24) is 26.2 Å². The molecule has 0 aliphatic carbocycles. The van der Waals surface area contributed by atoms with Gasteiger partial charge in [-0.05, 0) is 42.3 Å². The number of nitrogens with one attached hydrogen (secondary N) is 4. The highest BCUT2D eigenvalue weighted by Gasteiger charge is 2.33. The van der Waals surface area contributed by atoms with Crippen LogP contribution in [0, 0.1) is 0 Å². The average molecular weight is 626 g/mol. The van der Waals surface area contributed by atoms with Crippen molar-refractivity contribution in [3.63, 3.8) is 0 Å². The van der Waals surface area contributed by atoms with Crippen LogP contribution in [-0.4, -0.2) is 94.0 Å². The van der Waals surface area contributed by atoms with E-state index < -0.39 is 54.3 Å². The van der Waals surface area contributed by atoms with Gasteiger partial charge in [0.1, 0.15) is 29.6 Å². The fraction of sp³-hybridized carbons (Fsp3) is 0.419. The van der Waals surface area contributed by atoms with E-state index in [4.69, 9.17) is 14.2 Å². The molecule has 4 N–H and O–H groups in total. The summed E-state index contributed by atoms with van der Waals surface area (Å²) in [5, 5.41) is 10.3. The zero-order chi connectivity index (χ0) is 33.3. The Bertz CT molecular complexity index is 1460. The maximum Gasteiger partial charge on any atom is 0.328 e. The number of rotatable bonds is 9. The van der Waals surface area contributed by atoms with Crippen LogP contribution in [0.25, 0.3) is 11.1 Å². The number of esters is 1. The second-order valence-electron chi connectivity index (χ2n) is 10.4. The Hall–Kier alpha value is -5.14. The summed E-state index contributed by atoms with van der Waals surface area (Å²) in [4.78, 5) is 77.3. The van der Waals surface area contributed by atoms with Crippen molar-refractivity contribution < 1.29 is 43.0 Å². The lowest BCUT2D eigenvalue weighted by molar-refractivity contribution is -0.145. The SMILES string of the molecule is COC(=O)[C@@H]1Cc2ccc(OC)c(c2)-c2cc(ccc2OC)C(N(C)C(=O)[C@H](C)NC(=O)CCNC(C)=O)C(=O)NCC(=O)N1. The smallest absolute Gasteiger partial charge is 0.328 e. The number of nitrogens with zero attached hydrogens (tertiary/aromatic N) is 1. The molecule has 242 valence electrons. The number of likely N-dealkylation sites (N-methyl/N-ethyl adjacent to an activating group) is 1. The van der Waals surface area contributed by atoms with Crippen molar-refractivity contribution in [2.45, 2.75) is 44.8 Å². The summed E-state index contributed by atoms with van der Waals surface area (Å²) in [5.41, 5.74) is 2.19. The van der Waals surface area contributed by atoms with E-state index in [-0.39, 0.29) is 25.3 Å². The third-order valence-electron chi connectivity index (χ3n) is 7.23. The highest BCUT2D eigenvalue weighted by atomic mass is 16.5. The Labute approximate surface area is 261 Å². The molecule has 1 aliphatic rings. The molecular formula is C31H39N5O9. The van der Waals surface area contributed by atoms with Gasteiger partial charge in [0, 0.05) is 44.5 Å². The van der Waals surface area contributed by atoms with Crippen LogP contribution in [0.5, 0.6) is 11.5 Å². The summed E-state index contributed by atoms with van der Waals surface area (Å²) in [5.74, 6) is -2.42. The molecule has 14 heteroatoms. The number of hydrogen-bond acceptors (Lipinski definition) is 9. The normalized spacial score (nSPS) is 16.9. The van der Waals surface area contributed by atoms with Crippen molar-refractivity contribution in [3.05, 3.63) is 47.5 Å². The summed E-state index contributed by atoms with van der Waals surface area (Å²) in [6.07, 6.45) is 0.0505. The van der Waals surface area contributed by atoms with Gasteiger partial charge in [0.05, 0.1) is 27.9 Å². The number of benzene rings is 2. The number of amides is 5. The zero-order valence-corrected chi connectivity index (χ0v) is 26.1. The van der Waals surface area contributed by atoms with Gasteiger partial charge in [-0.25, -0.2) is 4.79 Å². The third-order valence-corrected chi connectivity index (χ3v) is 7.23. The highest BCUT2D eigenvalue weighted by molar-refractivity contribution is 5.95. The van der Waals surface area contributed by atoms with E-state index in [2.05, 4.69) is 21.3 Å². The first-order valence-corrected chi connectivity index (χ1v) is 14.2. The van der Waals surface area contributed by atoms with E-state index in [1.54, 1.807) is 36.4 Å². The monoisotopic (exact) mass is 625 g/mol. The molecule has 14 nitrogen and oxygen atoms in total. The van der Waals surface area contributed by atoms with Crippen molar-refractivity contribution in [2.24, 2.45) is 0 Å². The van der Waals surface area contributed by atoms with Crippen LogP contribution < -0.4 is 30.7 Å². The van der Waals surface area contributed by atoms with Crippen LogP contribution in [0.3, 0.4) is 0 Å². The van der Waals surface area contributed by atoms with Crippen LogP contribution in [0.2, 0.25) is 0 Å². The molecule has 5 amide bonds. The van der Waals surface area contributed by atoms with E-state index in [1.165, 1.54) is 47.1 Å².